The van der Waals surface area contributed by atoms with Gasteiger partial charge in [0.25, 0.3) is 0 Å². The molecule has 0 fully saturated rings. The Morgan fingerprint density at radius 2 is 2.20 bits per heavy atom. The minimum absolute atomic E-state index is 0.121. The van der Waals surface area contributed by atoms with Crippen LogP contribution in [0.3, 0.4) is 0 Å². The molecule has 0 atom stereocenters. The maximum Gasteiger partial charge on any atom is 0.233 e. The Kier molecular flexibility index (Phi) is 3.90. The van der Waals surface area contributed by atoms with Gasteiger partial charge in [-0.1, -0.05) is 13.3 Å². The average Bonchev–Trinajstić information content (AvgIpc) is 2.18. The fraction of sp³-hybridized carbons (Fsp3) is 0.444. The zero-order chi connectivity index (χ0) is 11.3. The normalized spacial score (nSPS) is 11.3. The number of sulfonamides is 1. The highest BCUT2D eigenvalue weighted by Crippen LogP contribution is 2.08. The monoisotopic (exact) mass is 229 g/mol. The molecule has 84 valence electrons. The summed E-state index contributed by atoms with van der Waals surface area (Å²) in [5, 5.41) is 0. The van der Waals surface area contributed by atoms with Crippen LogP contribution in [-0.4, -0.2) is 19.2 Å². The first-order valence-corrected chi connectivity index (χ1v) is 6.41. The molecule has 0 saturated carbocycles. The highest BCUT2D eigenvalue weighted by atomic mass is 32.2. The van der Waals surface area contributed by atoms with Crippen molar-refractivity contribution in [3.05, 3.63) is 18.3 Å². The number of nitrogens with two attached hydrogens (primary N) is 1. The number of nitrogens with zero attached hydrogens (tertiary/aromatic N) is 1. The molecule has 0 aromatic carbocycles. The molecule has 0 aliphatic rings. The third kappa shape index (κ3) is 4.16. The van der Waals surface area contributed by atoms with Crippen LogP contribution in [0.15, 0.2) is 18.3 Å². The minimum Gasteiger partial charge on any atom is -0.397 e. The summed E-state index contributed by atoms with van der Waals surface area (Å²) in [5.41, 5.74) is 5.94. The quantitative estimate of drug-likeness (QED) is 0.794. The highest BCUT2D eigenvalue weighted by Gasteiger charge is 2.09. The summed E-state index contributed by atoms with van der Waals surface area (Å²) in [6, 6.07) is 3.14. The first kappa shape index (κ1) is 11.8. The van der Waals surface area contributed by atoms with E-state index in [0.29, 0.717) is 17.9 Å². The molecule has 5 nitrogen and oxygen atoms in total. The molecule has 1 heterocycles. The number of hydrogen-bond donors (Lipinski definition) is 2. The van der Waals surface area contributed by atoms with Crippen LogP contribution in [0, 0.1) is 0 Å². The van der Waals surface area contributed by atoms with Crippen LogP contribution < -0.4 is 10.5 Å². The van der Waals surface area contributed by atoms with Gasteiger partial charge >= 0.3 is 0 Å². The fourth-order valence-electron chi connectivity index (χ4n) is 1.01. The lowest BCUT2D eigenvalue weighted by Crippen LogP contribution is -2.17. The number of rotatable bonds is 5. The van der Waals surface area contributed by atoms with Gasteiger partial charge in [0.05, 0.1) is 17.6 Å². The molecule has 1 aromatic rings. The van der Waals surface area contributed by atoms with Gasteiger partial charge in [0.1, 0.15) is 5.82 Å². The van der Waals surface area contributed by atoms with E-state index in [4.69, 9.17) is 5.73 Å². The molecule has 6 heteroatoms. The Balaban J connectivity index is 2.65. The second-order valence-electron chi connectivity index (χ2n) is 3.25. The van der Waals surface area contributed by atoms with E-state index in [2.05, 4.69) is 9.71 Å². The van der Waals surface area contributed by atoms with Crippen LogP contribution in [-0.2, 0) is 10.0 Å². The number of nitrogen functional groups attached to an aromatic ring is 1. The Labute approximate surface area is 89.8 Å². The average molecular weight is 229 g/mol. The van der Waals surface area contributed by atoms with E-state index in [9.17, 15) is 8.42 Å². The number of anilines is 2. The van der Waals surface area contributed by atoms with Crippen molar-refractivity contribution in [2.24, 2.45) is 0 Å². The molecule has 1 rings (SSSR count). The van der Waals surface area contributed by atoms with Crippen molar-refractivity contribution in [3.8, 4) is 0 Å². The van der Waals surface area contributed by atoms with E-state index in [0.717, 1.165) is 6.42 Å². The molecule has 0 bridgehead atoms. The van der Waals surface area contributed by atoms with Crippen molar-refractivity contribution >= 4 is 21.5 Å². The van der Waals surface area contributed by atoms with Gasteiger partial charge in [-0.15, -0.1) is 0 Å². The van der Waals surface area contributed by atoms with Crippen LogP contribution in [0.25, 0.3) is 0 Å². The lowest BCUT2D eigenvalue weighted by Gasteiger charge is -2.06. The largest absolute Gasteiger partial charge is 0.397 e. The van der Waals surface area contributed by atoms with E-state index in [1.54, 1.807) is 12.1 Å². The van der Waals surface area contributed by atoms with E-state index in [-0.39, 0.29) is 5.75 Å². The molecule has 15 heavy (non-hydrogen) atoms. The Hall–Kier alpha value is -1.30. The second-order valence-corrected chi connectivity index (χ2v) is 5.09. The molecular formula is C9H15N3O2S. The molecule has 1 aromatic heterocycles. The number of nitrogens with one attached hydrogen (secondary N) is 1. The SMILES string of the molecule is CCCCS(=O)(=O)Nc1ccc(N)cn1. The van der Waals surface area contributed by atoms with E-state index < -0.39 is 10.0 Å². The van der Waals surface area contributed by atoms with Gasteiger partial charge in [-0.3, -0.25) is 4.72 Å². The van der Waals surface area contributed by atoms with Crippen molar-refractivity contribution in [2.75, 3.05) is 16.2 Å². The van der Waals surface area contributed by atoms with Crippen molar-refractivity contribution in [2.45, 2.75) is 19.8 Å². The molecule has 0 radical (unpaired) electrons. The highest BCUT2D eigenvalue weighted by molar-refractivity contribution is 7.92. The van der Waals surface area contributed by atoms with Gasteiger partial charge in [0.15, 0.2) is 0 Å². The van der Waals surface area contributed by atoms with Crippen molar-refractivity contribution < 1.29 is 8.42 Å². The van der Waals surface area contributed by atoms with Crippen LogP contribution in [0.2, 0.25) is 0 Å². The van der Waals surface area contributed by atoms with Gasteiger partial charge in [0.2, 0.25) is 10.0 Å². The predicted molar refractivity (Wildman–Crippen MR) is 61.0 cm³/mol. The summed E-state index contributed by atoms with van der Waals surface area (Å²) in [6.45, 7) is 1.94. The fourth-order valence-corrected chi connectivity index (χ4v) is 2.22. The maximum absolute atomic E-state index is 11.5. The van der Waals surface area contributed by atoms with Crippen molar-refractivity contribution in [1.82, 2.24) is 4.98 Å². The Morgan fingerprint density at radius 1 is 1.47 bits per heavy atom. The van der Waals surface area contributed by atoms with Crippen LogP contribution in [0.5, 0.6) is 0 Å². The third-order valence-electron chi connectivity index (χ3n) is 1.81. The Morgan fingerprint density at radius 3 is 2.73 bits per heavy atom. The molecule has 3 N–H and O–H groups in total. The molecule has 0 aliphatic heterocycles. The zero-order valence-corrected chi connectivity index (χ0v) is 9.42. The number of hydrogen-bond acceptors (Lipinski definition) is 4. The lowest BCUT2D eigenvalue weighted by molar-refractivity contribution is 0.597. The van der Waals surface area contributed by atoms with Crippen LogP contribution >= 0.6 is 0 Å². The van der Waals surface area contributed by atoms with Gasteiger partial charge in [-0.25, -0.2) is 13.4 Å². The number of unbranched alkanes of at least 4 members (excludes halogenated alkanes) is 1. The predicted octanol–water partition coefficient (Wildman–Crippen LogP) is 1.21. The van der Waals surface area contributed by atoms with Crippen LogP contribution in [0.4, 0.5) is 11.5 Å². The topological polar surface area (TPSA) is 85.1 Å². The third-order valence-corrected chi connectivity index (χ3v) is 3.16. The summed E-state index contributed by atoms with van der Waals surface area (Å²) < 4.78 is 25.3. The summed E-state index contributed by atoms with van der Waals surface area (Å²) in [5.74, 6) is 0.426. The number of pyridine rings is 1. The second kappa shape index (κ2) is 4.97. The molecule has 0 spiro atoms. The zero-order valence-electron chi connectivity index (χ0n) is 8.60. The summed E-state index contributed by atoms with van der Waals surface area (Å²) in [6.07, 6.45) is 2.90. The van der Waals surface area contributed by atoms with Gasteiger partial charge in [-0.2, -0.15) is 0 Å². The van der Waals surface area contributed by atoms with E-state index in [1.165, 1.54) is 6.20 Å². The summed E-state index contributed by atoms with van der Waals surface area (Å²) >= 11 is 0. The summed E-state index contributed by atoms with van der Waals surface area (Å²) in [4.78, 5) is 3.86. The first-order valence-electron chi connectivity index (χ1n) is 4.75. The minimum atomic E-state index is -3.26. The van der Waals surface area contributed by atoms with Gasteiger partial charge in [-0.05, 0) is 18.6 Å². The molecule has 0 amide bonds. The first-order chi connectivity index (χ1) is 7.03. The number of aromatic nitrogens is 1. The Bertz CT molecular complexity index is 400. The van der Waals surface area contributed by atoms with E-state index >= 15 is 0 Å². The summed E-state index contributed by atoms with van der Waals surface area (Å²) in [7, 11) is -3.26. The lowest BCUT2D eigenvalue weighted by atomic mass is 10.4. The standard InChI is InChI=1S/C9H15N3O2S/c1-2-3-6-15(13,14)12-9-5-4-8(10)7-11-9/h4-5,7H,2-3,6,10H2,1H3,(H,11,12). The van der Waals surface area contributed by atoms with Gasteiger partial charge in [0, 0.05) is 0 Å². The van der Waals surface area contributed by atoms with E-state index in [1.807, 2.05) is 6.92 Å². The molecule has 0 unspecified atom stereocenters. The molecule has 0 aliphatic carbocycles. The van der Waals surface area contributed by atoms with Gasteiger partial charge < -0.3 is 5.73 Å². The van der Waals surface area contributed by atoms with Crippen LogP contribution in [0.1, 0.15) is 19.8 Å². The molecule has 0 saturated heterocycles. The smallest absolute Gasteiger partial charge is 0.233 e. The van der Waals surface area contributed by atoms with Crippen molar-refractivity contribution in [3.63, 3.8) is 0 Å². The molecular weight excluding hydrogens is 214 g/mol. The maximum atomic E-state index is 11.5. The van der Waals surface area contributed by atoms with Crippen molar-refractivity contribution in [1.29, 1.82) is 0 Å².